The first kappa shape index (κ1) is 14.9. The van der Waals surface area contributed by atoms with Gasteiger partial charge in [0.15, 0.2) is 0 Å². The minimum atomic E-state index is 0. The molecule has 1 unspecified atom stereocenters. The topological polar surface area (TPSA) is 0 Å². The van der Waals surface area contributed by atoms with Gasteiger partial charge in [0.1, 0.15) is 0 Å². The molecule has 1 aromatic carbocycles. The van der Waals surface area contributed by atoms with E-state index < -0.39 is 0 Å². The molecule has 0 fully saturated rings. The van der Waals surface area contributed by atoms with Gasteiger partial charge in [0, 0.05) is 0 Å². The zero-order valence-corrected chi connectivity index (χ0v) is 14.3. The molecule has 0 saturated heterocycles. The Labute approximate surface area is 129 Å². The number of rotatable bonds is 1. The molecule has 0 aromatic heterocycles. The standard InChI is InChI=1S/C14H11.2ClH.Hf/c1-2-6-11(5-1)14-9-12-7-3-4-8-13(12)10-14;;;/h1-5,7-10H,6H2;2*1H;/q;;;+2/p-2. The molecule has 2 aliphatic rings. The molecule has 0 heterocycles. The monoisotopic (exact) mass is 429 g/mol. The number of fused-ring (bicyclic) bond motifs is 1. The number of halogens is 2. The first-order chi connectivity index (χ1) is 7.36. The molecule has 0 saturated carbocycles. The zero-order valence-electron chi connectivity index (χ0n) is 9.16. The van der Waals surface area contributed by atoms with E-state index in [1.165, 1.54) is 41.1 Å². The summed E-state index contributed by atoms with van der Waals surface area (Å²) < 4.78 is 0.701. The van der Waals surface area contributed by atoms with Gasteiger partial charge in [-0.05, 0) is 0 Å². The summed E-state index contributed by atoms with van der Waals surface area (Å²) in [6.07, 6.45) is 10.2. The van der Waals surface area contributed by atoms with Crippen LogP contribution in [0, 0.1) is 0 Å². The Hall–Kier alpha value is -0.110. The first-order valence-corrected chi connectivity index (χ1v) is 7.31. The van der Waals surface area contributed by atoms with Crippen molar-refractivity contribution in [2.24, 2.45) is 0 Å². The average molecular weight is 429 g/mol. The molecule has 2 aliphatic carbocycles. The summed E-state index contributed by atoms with van der Waals surface area (Å²) in [5.74, 6) is 0. The Kier molecular flexibility index (Phi) is 5.43. The van der Waals surface area contributed by atoms with Gasteiger partial charge in [-0.2, -0.15) is 0 Å². The van der Waals surface area contributed by atoms with Crippen LogP contribution in [-0.2, 0) is 24.4 Å². The predicted molar refractivity (Wildman–Crippen MR) is 59.0 cm³/mol. The zero-order chi connectivity index (χ0) is 10.3. The SMILES string of the molecule is [Cl-].[Cl-].[Hf+2][CH]1C(C2=CC=CC2)=Cc2ccccc21. The predicted octanol–water partition coefficient (Wildman–Crippen LogP) is -2.43. The first-order valence-electron chi connectivity index (χ1n) is 5.24. The van der Waals surface area contributed by atoms with Gasteiger partial charge in [-0.15, -0.1) is 0 Å². The second-order valence-corrected chi connectivity index (χ2v) is 6.06. The van der Waals surface area contributed by atoms with E-state index in [9.17, 15) is 0 Å². The molecule has 1 aromatic rings. The van der Waals surface area contributed by atoms with Gasteiger partial charge >= 0.3 is 105 Å². The van der Waals surface area contributed by atoms with Crippen molar-refractivity contribution in [1.29, 1.82) is 0 Å². The van der Waals surface area contributed by atoms with Gasteiger partial charge in [-0.25, -0.2) is 0 Å². The van der Waals surface area contributed by atoms with E-state index in [0.717, 1.165) is 6.42 Å². The van der Waals surface area contributed by atoms with Gasteiger partial charge in [0.25, 0.3) is 0 Å². The van der Waals surface area contributed by atoms with Gasteiger partial charge in [0.05, 0.1) is 0 Å². The molecule has 85 valence electrons. The Balaban J connectivity index is 0.000000722. The fourth-order valence-electron chi connectivity index (χ4n) is 2.26. The van der Waals surface area contributed by atoms with Gasteiger partial charge in [-0.3, -0.25) is 0 Å². The van der Waals surface area contributed by atoms with Crippen LogP contribution in [0.25, 0.3) is 6.08 Å². The Bertz CT molecular complexity index is 501. The van der Waals surface area contributed by atoms with Crippen LogP contribution < -0.4 is 24.8 Å². The van der Waals surface area contributed by atoms with Crippen molar-refractivity contribution < 1.29 is 49.2 Å². The molecule has 0 N–H and O–H groups in total. The fourth-order valence-corrected chi connectivity index (χ4v) is 4.17. The van der Waals surface area contributed by atoms with Crippen LogP contribution in [0.4, 0.5) is 0 Å². The van der Waals surface area contributed by atoms with Crippen molar-refractivity contribution in [2.75, 3.05) is 0 Å². The minimum absolute atomic E-state index is 0. The summed E-state index contributed by atoms with van der Waals surface area (Å²) in [5.41, 5.74) is 6.05. The Morgan fingerprint density at radius 2 is 1.88 bits per heavy atom. The third kappa shape index (κ3) is 2.67. The molecule has 0 radical (unpaired) electrons. The summed E-state index contributed by atoms with van der Waals surface area (Å²) in [5, 5.41) is 0. The van der Waals surface area contributed by atoms with Crippen molar-refractivity contribution in [3.8, 4) is 0 Å². The molecular weight excluding hydrogens is 418 g/mol. The van der Waals surface area contributed by atoms with Crippen molar-refractivity contribution >= 4 is 6.08 Å². The average Bonchev–Trinajstić information content (AvgIpc) is 2.87. The summed E-state index contributed by atoms with van der Waals surface area (Å²) in [7, 11) is 0. The van der Waals surface area contributed by atoms with E-state index >= 15 is 0 Å². The maximum absolute atomic E-state index is 2.38. The van der Waals surface area contributed by atoms with E-state index in [4.69, 9.17) is 0 Å². The fraction of sp³-hybridized carbons (Fsp3) is 0.143. The van der Waals surface area contributed by atoms with Gasteiger partial charge in [0.2, 0.25) is 0 Å². The van der Waals surface area contributed by atoms with Crippen LogP contribution in [0.1, 0.15) is 21.2 Å². The number of hydrogen-bond donors (Lipinski definition) is 0. The van der Waals surface area contributed by atoms with Crippen LogP contribution in [0.15, 0.2) is 53.6 Å². The number of hydrogen-bond acceptors (Lipinski definition) is 0. The van der Waals surface area contributed by atoms with Crippen LogP contribution in [0.2, 0.25) is 0 Å². The number of allylic oxidation sites excluding steroid dienone is 5. The van der Waals surface area contributed by atoms with Crippen molar-refractivity contribution in [3.05, 3.63) is 64.8 Å². The second-order valence-electron chi connectivity index (χ2n) is 3.99. The quantitative estimate of drug-likeness (QED) is 0.437. The Morgan fingerprint density at radius 3 is 2.53 bits per heavy atom. The summed E-state index contributed by atoms with van der Waals surface area (Å²) in [4.78, 5) is 0. The maximum atomic E-state index is 2.38. The molecule has 0 amide bonds. The van der Waals surface area contributed by atoms with Crippen LogP contribution in [0.3, 0.4) is 0 Å². The van der Waals surface area contributed by atoms with E-state index in [1.54, 1.807) is 5.57 Å². The van der Waals surface area contributed by atoms with Gasteiger partial charge in [-0.1, -0.05) is 0 Å². The summed E-state index contributed by atoms with van der Waals surface area (Å²) in [6.45, 7) is 0. The molecule has 3 rings (SSSR count). The summed E-state index contributed by atoms with van der Waals surface area (Å²) in [6, 6.07) is 8.80. The molecule has 17 heavy (non-hydrogen) atoms. The summed E-state index contributed by atoms with van der Waals surface area (Å²) >= 11 is 1.21. The molecule has 0 nitrogen and oxygen atoms in total. The van der Waals surface area contributed by atoms with E-state index in [0.29, 0.717) is 3.67 Å². The van der Waals surface area contributed by atoms with Crippen LogP contribution in [0.5, 0.6) is 0 Å². The second kappa shape index (κ2) is 6.17. The molecule has 0 aliphatic heterocycles. The molecule has 0 bridgehead atoms. The van der Waals surface area contributed by atoms with Crippen LogP contribution in [-0.4, -0.2) is 0 Å². The molecule has 1 atom stereocenters. The van der Waals surface area contributed by atoms with E-state index in [-0.39, 0.29) is 24.8 Å². The third-order valence-corrected chi connectivity index (χ3v) is 5.31. The van der Waals surface area contributed by atoms with Crippen molar-refractivity contribution in [2.45, 2.75) is 10.1 Å². The van der Waals surface area contributed by atoms with Crippen molar-refractivity contribution in [1.82, 2.24) is 0 Å². The van der Waals surface area contributed by atoms with E-state index in [1.807, 2.05) is 0 Å². The third-order valence-electron chi connectivity index (χ3n) is 3.07. The normalized spacial score (nSPS) is 20.0. The van der Waals surface area contributed by atoms with Gasteiger partial charge < -0.3 is 24.8 Å². The van der Waals surface area contributed by atoms with Crippen LogP contribution >= 0.6 is 0 Å². The molecule has 3 heteroatoms. The number of benzene rings is 1. The van der Waals surface area contributed by atoms with E-state index in [2.05, 4.69) is 48.6 Å². The van der Waals surface area contributed by atoms with Crippen molar-refractivity contribution in [3.63, 3.8) is 0 Å². The Morgan fingerprint density at radius 1 is 1.12 bits per heavy atom. The molecule has 0 spiro atoms. The molecular formula is C14H11Cl2Hf.